The second kappa shape index (κ2) is 6.64. The van der Waals surface area contributed by atoms with Crippen molar-refractivity contribution >= 4 is 61.1 Å². The van der Waals surface area contributed by atoms with Crippen molar-refractivity contribution in [3.63, 3.8) is 0 Å². The van der Waals surface area contributed by atoms with Gasteiger partial charge >= 0.3 is 0 Å². The fraction of sp³-hybridized carbons (Fsp3) is 0.0909. The molecular weight excluding hydrogens is 402 g/mol. The summed E-state index contributed by atoms with van der Waals surface area (Å²) in [6, 6.07) is 15.4. The number of anilines is 2. The molecule has 2 amide bonds. The van der Waals surface area contributed by atoms with E-state index in [2.05, 4.69) is 5.32 Å². The summed E-state index contributed by atoms with van der Waals surface area (Å²) in [6.07, 6.45) is 0. The minimum atomic E-state index is -0.454. The first-order valence-electron chi connectivity index (χ1n) is 9.35. The zero-order valence-corrected chi connectivity index (χ0v) is 16.7. The molecule has 3 aromatic carbocycles. The molecule has 4 aromatic rings. The number of carbonyl (C=O) groups excluding carboxylic acids is 2. The predicted octanol–water partition coefficient (Wildman–Crippen LogP) is 5.20. The van der Waals surface area contributed by atoms with Crippen molar-refractivity contribution < 1.29 is 14.5 Å². The van der Waals surface area contributed by atoms with E-state index in [1.54, 1.807) is 29.2 Å². The minimum Gasteiger partial charge on any atom is -0.321 e. The van der Waals surface area contributed by atoms with Crippen molar-refractivity contribution in [2.45, 2.75) is 6.92 Å². The highest BCUT2D eigenvalue weighted by Crippen LogP contribution is 2.40. The van der Waals surface area contributed by atoms with Crippen LogP contribution in [0.15, 0.2) is 54.6 Å². The van der Waals surface area contributed by atoms with Gasteiger partial charge in [-0.25, -0.2) is 0 Å². The Labute approximate surface area is 174 Å². The Kier molecular flexibility index (Phi) is 4.04. The van der Waals surface area contributed by atoms with Crippen molar-refractivity contribution in [3.05, 3.63) is 75.2 Å². The van der Waals surface area contributed by atoms with Crippen LogP contribution in [0.4, 0.5) is 17.1 Å². The van der Waals surface area contributed by atoms with E-state index in [1.165, 1.54) is 23.5 Å². The first kappa shape index (κ1) is 18.3. The lowest BCUT2D eigenvalue weighted by Crippen LogP contribution is -2.25. The Morgan fingerprint density at radius 1 is 1.17 bits per heavy atom. The summed E-state index contributed by atoms with van der Waals surface area (Å²) in [5.74, 6) is -0.330. The number of nitrogens with zero attached hydrogens (tertiary/aromatic N) is 2. The number of carbonyl (C=O) groups is 2. The predicted molar refractivity (Wildman–Crippen MR) is 118 cm³/mol. The molecule has 0 aliphatic carbocycles. The number of rotatable bonds is 4. The fourth-order valence-electron chi connectivity index (χ4n) is 3.91. The second-order valence-electron chi connectivity index (χ2n) is 6.95. The summed E-state index contributed by atoms with van der Waals surface area (Å²) in [7, 11) is 0. The quantitative estimate of drug-likeness (QED) is 0.365. The van der Waals surface area contributed by atoms with Crippen molar-refractivity contribution in [2.75, 3.05) is 16.8 Å². The van der Waals surface area contributed by atoms with Crippen LogP contribution in [0.2, 0.25) is 0 Å². The van der Waals surface area contributed by atoms with Gasteiger partial charge in [0.2, 0.25) is 0 Å². The molecule has 148 valence electrons. The Balaban J connectivity index is 1.53. The fourth-order valence-corrected chi connectivity index (χ4v) is 4.85. The Morgan fingerprint density at radius 2 is 2.00 bits per heavy atom. The van der Waals surface area contributed by atoms with E-state index in [4.69, 9.17) is 0 Å². The highest BCUT2D eigenvalue weighted by Gasteiger charge is 2.29. The van der Waals surface area contributed by atoms with Gasteiger partial charge in [0.15, 0.2) is 0 Å². The third-order valence-corrected chi connectivity index (χ3v) is 6.40. The molecule has 8 heteroatoms. The summed E-state index contributed by atoms with van der Waals surface area (Å²) in [5.41, 5.74) is 2.09. The van der Waals surface area contributed by atoms with Gasteiger partial charge in [-0.15, -0.1) is 11.3 Å². The SMILES string of the molecule is CCN1C(=O)c2cccc3c(NC(=O)c4cc5cc([N+](=O)[O-])ccc5s4)ccc1c23. The van der Waals surface area contributed by atoms with Crippen LogP contribution >= 0.6 is 11.3 Å². The van der Waals surface area contributed by atoms with Crippen LogP contribution in [0.3, 0.4) is 0 Å². The number of fused-ring (bicyclic) bond motifs is 1. The topological polar surface area (TPSA) is 92.6 Å². The molecule has 30 heavy (non-hydrogen) atoms. The van der Waals surface area contributed by atoms with Gasteiger partial charge in [0.1, 0.15) is 0 Å². The maximum Gasteiger partial charge on any atom is 0.270 e. The van der Waals surface area contributed by atoms with Crippen molar-refractivity contribution in [3.8, 4) is 0 Å². The van der Waals surface area contributed by atoms with E-state index < -0.39 is 4.92 Å². The van der Waals surface area contributed by atoms with Gasteiger partial charge in [0, 0.05) is 50.8 Å². The van der Waals surface area contributed by atoms with E-state index in [-0.39, 0.29) is 17.5 Å². The van der Waals surface area contributed by atoms with Crippen LogP contribution < -0.4 is 10.2 Å². The third kappa shape index (κ3) is 2.65. The van der Waals surface area contributed by atoms with Gasteiger partial charge in [-0.3, -0.25) is 19.7 Å². The second-order valence-corrected chi connectivity index (χ2v) is 8.04. The summed E-state index contributed by atoms with van der Waals surface area (Å²) < 4.78 is 0.801. The molecule has 0 spiro atoms. The lowest BCUT2D eigenvalue weighted by Gasteiger charge is -2.15. The summed E-state index contributed by atoms with van der Waals surface area (Å²) in [4.78, 5) is 38.2. The molecule has 1 aromatic heterocycles. The van der Waals surface area contributed by atoms with E-state index in [1.807, 2.05) is 25.1 Å². The van der Waals surface area contributed by atoms with Crippen molar-refractivity contribution in [2.24, 2.45) is 0 Å². The van der Waals surface area contributed by atoms with E-state index in [9.17, 15) is 19.7 Å². The average molecular weight is 417 g/mol. The molecule has 1 N–H and O–H groups in total. The molecule has 0 unspecified atom stereocenters. The van der Waals surface area contributed by atoms with Gasteiger partial charge in [-0.05, 0) is 37.3 Å². The molecular formula is C22H15N3O4S. The van der Waals surface area contributed by atoms with Crippen LogP contribution in [0.1, 0.15) is 27.0 Å². The van der Waals surface area contributed by atoms with Gasteiger partial charge < -0.3 is 10.2 Å². The summed E-state index contributed by atoms with van der Waals surface area (Å²) in [5, 5.41) is 16.2. The number of hydrogen-bond donors (Lipinski definition) is 1. The average Bonchev–Trinajstić information content (AvgIpc) is 3.29. The molecule has 1 aliphatic rings. The smallest absolute Gasteiger partial charge is 0.270 e. The number of nitro benzene ring substituents is 1. The first-order valence-corrected chi connectivity index (χ1v) is 10.2. The van der Waals surface area contributed by atoms with Gasteiger partial charge in [0.25, 0.3) is 17.5 Å². The van der Waals surface area contributed by atoms with Gasteiger partial charge in [-0.1, -0.05) is 12.1 Å². The molecule has 0 saturated carbocycles. The number of non-ortho nitro benzene ring substituents is 1. The molecule has 5 rings (SSSR count). The van der Waals surface area contributed by atoms with Crippen LogP contribution in [-0.4, -0.2) is 23.3 Å². The Bertz CT molecular complexity index is 1390. The van der Waals surface area contributed by atoms with Crippen molar-refractivity contribution in [1.29, 1.82) is 0 Å². The molecule has 0 radical (unpaired) electrons. The largest absolute Gasteiger partial charge is 0.321 e. The number of nitro groups is 1. The van der Waals surface area contributed by atoms with Gasteiger partial charge in [-0.2, -0.15) is 0 Å². The zero-order chi connectivity index (χ0) is 21.0. The monoisotopic (exact) mass is 417 g/mol. The molecule has 0 atom stereocenters. The normalized spacial score (nSPS) is 12.7. The zero-order valence-electron chi connectivity index (χ0n) is 15.8. The number of hydrogen-bond acceptors (Lipinski definition) is 5. The molecule has 0 bridgehead atoms. The highest BCUT2D eigenvalue weighted by molar-refractivity contribution is 7.20. The lowest BCUT2D eigenvalue weighted by molar-refractivity contribution is -0.384. The summed E-state index contributed by atoms with van der Waals surface area (Å²) >= 11 is 1.28. The maximum atomic E-state index is 12.9. The van der Waals surface area contributed by atoms with Crippen LogP contribution in [0.25, 0.3) is 20.9 Å². The number of benzene rings is 3. The van der Waals surface area contributed by atoms with E-state index >= 15 is 0 Å². The van der Waals surface area contributed by atoms with Gasteiger partial charge in [0.05, 0.1) is 15.5 Å². The standard InChI is InChI=1S/C22H15N3O4S/c1-2-24-17-8-7-16(14-4-3-5-15(20(14)17)22(24)27)23-21(26)19-11-12-10-13(25(28)29)6-9-18(12)30-19/h3-11H,2H2,1H3,(H,23,26). The molecule has 2 heterocycles. The third-order valence-electron chi connectivity index (χ3n) is 5.28. The van der Waals surface area contributed by atoms with E-state index in [0.717, 1.165) is 21.2 Å². The lowest BCUT2D eigenvalue weighted by atomic mass is 10.0. The Hall–Kier alpha value is -3.78. The number of nitrogens with one attached hydrogen (secondary N) is 1. The molecule has 7 nitrogen and oxygen atoms in total. The molecule has 0 fully saturated rings. The minimum absolute atomic E-state index is 0.00934. The summed E-state index contributed by atoms with van der Waals surface area (Å²) in [6.45, 7) is 2.50. The van der Waals surface area contributed by atoms with Crippen LogP contribution in [0, 0.1) is 10.1 Å². The maximum absolute atomic E-state index is 12.9. The number of thiophene rings is 1. The number of amides is 2. The highest BCUT2D eigenvalue weighted by atomic mass is 32.1. The molecule has 1 aliphatic heterocycles. The van der Waals surface area contributed by atoms with Crippen LogP contribution in [0.5, 0.6) is 0 Å². The molecule has 0 saturated heterocycles. The first-order chi connectivity index (χ1) is 14.5. The Morgan fingerprint density at radius 3 is 2.77 bits per heavy atom. The van der Waals surface area contributed by atoms with Crippen LogP contribution in [-0.2, 0) is 0 Å². The van der Waals surface area contributed by atoms with Crippen molar-refractivity contribution in [1.82, 2.24) is 0 Å². The van der Waals surface area contributed by atoms with E-state index in [0.29, 0.717) is 28.1 Å².